The Kier molecular flexibility index (Phi) is 4.39. The number of aliphatic hydroxyl groups excluding tert-OH is 1. The summed E-state index contributed by atoms with van der Waals surface area (Å²) in [6.07, 6.45) is -0.705. The van der Waals surface area contributed by atoms with Crippen molar-refractivity contribution < 1.29 is 18.3 Å². The summed E-state index contributed by atoms with van der Waals surface area (Å²) >= 11 is 0. The predicted octanol–water partition coefficient (Wildman–Crippen LogP) is 0.222. The minimum atomic E-state index is -3.77. The highest BCUT2D eigenvalue weighted by atomic mass is 32.2. The Bertz CT molecular complexity index is 479. The zero-order valence-electron chi connectivity index (χ0n) is 9.62. The summed E-state index contributed by atoms with van der Waals surface area (Å²) in [5.41, 5.74) is 0.936. The number of aliphatic hydroxyl groups is 1. The van der Waals surface area contributed by atoms with Crippen LogP contribution in [0.25, 0.3) is 0 Å². The van der Waals surface area contributed by atoms with Crippen molar-refractivity contribution >= 4 is 16.3 Å². The molecule has 6 heteroatoms. The van der Waals surface area contributed by atoms with Crippen molar-refractivity contribution in [2.24, 2.45) is 0 Å². The number of benzene rings is 1. The van der Waals surface area contributed by atoms with E-state index in [9.17, 15) is 18.3 Å². The van der Waals surface area contributed by atoms with Crippen LogP contribution in [-0.2, 0) is 14.8 Å². The Morgan fingerprint density at radius 3 is 2.24 bits per heavy atom. The van der Waals surface area contributed by atoms with E-state index < -0.39 is 22.2 Å². The summed E-state index contributed by atoms with van der Waals surface area (Å²) in [6, 6.07) is 5.07. The van der Waals surface area contributed by atoms with Gasteiger partial charge in [0.2, 0.25) is 10.0 Å². The van der Waals surface area contributed by atoms with Gasteiger partial charge in [-0.3, -0.25) is 0 Å². The van der Waals surface area contributed by atoms with Crippen molar-refractivity contribution in [3.8, 4) is 0 Å². The molecule has 0 aliphatic heterocycles. The highest BCUT2D eigenvalue weighted by Gasteiger charge is 2.22. The molecule has 0 amide bonds. The predicted molar refractivity (Wildman–Crippen MR) is 63.0 cm³/mol. The number of nitrogens with one attached hydrogen (secondary N) is 1. The monoisotopic (exact) mass is 257 g/mol. The minimum absolute atomic E-state index is 0.0654. The van der Waals surface area contributed by atoms with Crippen molar-refractivity contribution in [3.63, 3.8) is 0 Å². The van der Waals surface area contributed by atoms with Crippen LogP contribution < -0.4 is 4.72 Å². The second-order valence-electron chi connectivity index (χ2n) is 3.84. The van der Waals surface area contributed by atoms with Crippen molar-refractivity contribution in [2.75, 3.05) is 0 Å². The zero-order valence-corrected chi connectivity index (χ0v) is 10.4. The lowest BCUT2D eigenvalue weighted by molar-refractivity contribution is -0.111. The first-order chi connectivity index (χ1) is 7.86. The second-order valence-corrected chi connectivity index (χ2v) is 5.55. The van der Waals surface area contributed by atoms with Gasteiger partial charge in [-0.15, -0.1) is 0 Å². The fourth-order valence-electron chi connectivity index (χ4n) is 1.20. The van der Waals surface area contributed by atoms with E-state index in [4.69, 9.17) is 0 Å². The summed E-state index contributed by atoms with van der Waals surface area (Å²) in [5.74, 6) is 0. The summed E-state index contributed by atoms with van der Waals surface area (Å²) in [7, 11) is -3.77. The van der Waals surface area contributed by atoms with Crippen LogP contribution in [-0.4, -0.2) is 32.0 Å². The van der Waals surface area contributed by atoms with Crippen LogP contribution in [0, 0.1) is 6.92 Å². The molecule has 17 heavy (non-hydrogen) atoms. The van der Waals surface area contributed by atoms with E-state index in [-0.39, 0.29) is 4.90 Å². The zero-order chi connectivity index (χ0) is 13.1. The van der Waals surface area contributed by atoms with Crippen LogP contribution in [0.5, 0.6) is 0 Å². The first kappa shape index (κ1) is 13.8. The highest BCUT2D eigenvalue weighted by molar-refractivity contribution is 7.89. The SMILES string of the molecule is Cc1ccc(S(=O)(=O)NC(C=O)C(C)O)cc1. The second kappa shape index (κ2) is 5.39. The van der Waals surface area contributed by atoms with Gasteiger partial charge in [0.1, 0.15) is 12.3 Å². The van der Waals surface area contributed by atoms with E-state index >= 15 is 0 Å². The number of rotatable bonds is 5. The summed E-state index contributed by atoms with van der Waals surface area (Å²) < 4.78 is 25.8. The van der Waals surface area contributed by atoms with Gasteiger partial charge in [0, 0.05) is 0 Å². The Balaban J connectivity index is 2.96. The molecule has 94 valence electrons. The number of aldehydes is 1. The molecule has 0 aliphatic carbocycles. The fourth-order valence-corrected chi connectivity index (χ4v) is 2.45. The summed E-state index contributed by atoms with van der Waals surface area (Å²) in [6.45, 7) is 3.19. The smallest absolute Gasteiger partial charge is 0.241 e. The molecule has 0 aromatic heterocycles. The maximum absolute atomic E-state index is 11.8. The minimum Gasteiger partial charge on any atom is -0.391 e. The lowest BCUT2D eigenvalue weighted by Crippen LogP contribution is -2.43. The Labute approximate surface area is 101 Å². The van der Waals surface area contributed by atoms with Crippen LogP contribution in [0.1, 0.15) is 12.5 Å². The first-order valence-electron chi connectivity index (χ1n) is 5.09. The maximum Gasteiger partial charge on any atom is 0.241 e. The van der Waals surface area contributed by atoms with Crippen LogP contribution >= 0.6 is 0 Å². The largest absolute Gasteiger partial charge is 0.391 e. The van der Waals surface area contributed by atoms with E-state index in [1.165, 1.54) is 19.1 Å². The maximum atomic E-state index is 11.8. The molecule has 0 radical (unpaired) electrons. The molecule has 5 nitrogen and oxygen atoms in total. The molecule has 2 atom stereocenters. The Morgan fingerprint density at radius 1 is 1.29 bits per heavy atom. The molecule has 0 fully saturated rings. The number of sulfonamides is 1. The molecule has 2 unspecified atom stereocenters. The molecule has 1 rings (SSSR count). The first-order valence-corrected chi connectivity index (χ1v) is 6.57. The van der Waals surface area contributed by atoms with Gasteiger partial charge in [0.05, 0.1) is 11.0 Å². The van der Waals surface area contributed by atoms with Crippen LogP contribution in [0.15, 0.2) is 29.2 Å². The molecule has 1 aromatic rings. The van der Waals surface area contributed by atoms with Gasteiger partial charge in [-0.2, -0.15) is 4.72 Å². The van der Waals surface area contributed by atoms with Gasteiger partial charge in [-0.05, 0) is 26.0 Å². The Morgan fingerprint density at radius 2 is 1.82 bits per heavy atom. The molecule has 0 saturated heterocycles. The standard InChI is InChI=1S/C11H15NO4S/c1-8-3-5-10(6-4-8)17(15,16)12-11(7-13)9(2)14/h3-7,9,11-12,14H,1-2H3. The number of aryl methyl sites for hydroxylation is 1. The normalized spacial score (nSPS) is 15.2. The van der Waals surface area contributed by atoms with Gasteiger partial charge < -0.3 is 9.90 Å². The number of hydrogen-bond acceptors (Lipinski definition) is 4. The van der Waals surface area contributed by atoms with E-state index in [2.05, 4.69) is 4.72 Å². The average Bonchev–Trinajstić information content (AvgIpc) is 2.26. The molecule has 1 aromatic carbocycles. The summed E-state index contributed by atoms with van der Waals surface area (Å²) in [5, 5.41) is 9.21. The quantitative estimate of drug-likeness (QED) is 0.739. The highest BCUT2D eigenvalue weighted by Crippen LogP contribution is 2.10. The lowest BCUT2D eigenvalue weighted by atomic mass is 10.2. The fraction of sp³-hybridized carbons (Fsp3) is 0.364. The average molecular weight is 257 g/mol. The van der Waals surface area contributed by atoms with Crippen molar-refractivity contribution in [3.05, 3.63) is 29.8 Å². The summed E-state index contributed by atoms with van der Waals surface area (Å²) in [4.78, 5) is 10.7. The van der Waals surface area contributed by atoms with Crippen LogP contribution in [0.4, 0.5) is 0 Å². The van der Waals surface area contributed by atoms with E-state index in [1.807, 2.05) is 6.92 Å². The third-order valence-corrected chi connectivity index (χ3v) is 3.76. The molecule has 0 bridgehead atoms. The Hall–Kier alpha value is -1.24. The molecular weight excluding hydrogens is 242 g/mol. The number of hydrogen-bond donors (Lipinski definition) is 2. The molecule has 0 heterocycles. The van der Waals surface area contributed by atoms with Gasteiger partial charge in [-0.25, -0.2) is 8.42 Å². The van der Waals surface area contributed by atoms with Crippen molar-refractivity contribution in [1.29, 1.82) is 0 Å². The van der Waals surface area contributed by atoms with Gasteiger partial charge in [-0.1, -0.05) is 17.7 Å². The van der Waals surface area contributed by atoms with Crippen LogP contribution in [0.2, 0.25) is 0 Å². The van der Waals surface area contributed by atoms with Crippen molar-refractivity contribution in [2.45, 2.75) is 30.9 Å². The van der Waals surface area contributed by atoms with Crippen LogP contribution in [0.3, 0.4) is 0 Å². The third-order valence-electron chi connectivity index (χ3n) is 2.29. The topological polar surface area (TPSA) is 83.5 Å². The van der Waals surface area contributed by atoms with E-state index in [1.54, 1.807) is 12.1 Å². The molecular formula is C11H15NO4S. The third kappa shape index (κ3) is 3.62. The lowest BCUT2D eigenvalue weighted by Gasteiger charge is -2.15. The molecule has 2 N–H and O–H groups in total. The molecule has 0 spiro atoms. The number of carbonyl (C=O) groups is 1. The van der Waals surface area contributed by atoms with Gasteiger partial charge >= 0.3 is 0 Å². The molecule has 0 saturated carbocycles. The van der Waals surface area contributed by atoms with Gasteiger partial charge in [0.15, 0.2) is 0 Å². The van der Waals surface area contributed by atoms with Crippen molar-refractivity contribution in [1.82, 2.24) is 4.72 Å². The van der Waals surface area contributed by atoms with E-state index in [0.717, 1.165) is 5.56 Å². The van der Waals surface area contributed by atoms with E-state index in [0.29, 0.717) is 6.29 Å². The molecule has 0 aliphatic rings. The van der Waals surface area contributed by atoms with Gasteiger partial charge in [0.25, 0.3) is 0 Å². The number of carbonyl (C=O) groups excluding carboxylic acids is 1.